The standard InChI is InChI=1S/C16H25N3O3S/c1-10(2)15(17)16(21)18-6-14(20)19-7-11(3)22-13(8-19)12-4-5-23-9-12/h4-5,9-11,13,15H,6-8,17H2,1-3H3,(H,18,21)/t11?,13?,15-/m0/s1. The van der Waals surface area contributed by atoms with Crippen LogP contribution < -0.4 is 11.1 Å². The van der Waals surface area contributed by atoms with Crippen molar-refractivity contribution >= 4 is 23.2 Å². The van der Waals surface area contributed by atoms with Gasteiger partial charge < -0.3 is 20.7 Å². The molecule has 23 heavy (non-hydrogen) atoms. The molecular weight excluding hydrogens is 314 g/mol. The molecule has 0 aromatic carbocycles. The number of carbonyl (C=O) groups is 2. The fourth-order valence-corrected chi connectivity index (χ4v) is 3.19. The van der Waals surface area contributed by atoms with Crippen LogP contribution in [0, 0.1) is 5.92 Å². The van der Waals surface area contributed by atoms with Crippen LogP contribution in [0.1, 0.15) is 32.4 Å². The van der Waals surface area contributed by atoms with Crippen molar-refractivity contribution in [1.29, 1.82) is 0 Å². The molecule has 1 saturated heterocycles. The molecule has 1 aliphatic rings. The van der Waals surface area contributed by atoms with Crippen LogP contribution >= 0.6 is 11.3 Å². The van der Waals surface area contributed by atoms with Crippen molar-refractivity contribution in [3.05, 3.63) is 22.4 Å². The average Bonchev–Trinajstić information content (AvgIpc) is 3.05. The molecule has 0 spiro atoms. The minimum Gasteiger partial charge on any atom is -0.367 e. The van der Waals surface area contributed by atoms with Crippen molar-refractivity contribution in [1.82, 2.24) is 10.2 Å². The van der Waals surface area contributed by atoms with E-state index in [0.29, 0.717) is 13.1 Å². The van der Waals surface area contributed by atoms with Crippen molar-refractivity contribution in [3.63, 3.8) is 0 Å². The lowest BCUT2D eigenvalue weighted by atomic mass is 10.1. The van der Waals surface area contributed by atoms with E-state index in [2.05, 4.69) is 5.32 Å². The molecule has 0 aliphatic carbocycles. The van der Waals surface area contributed by atoms with Crippen LogP contribution in [0.3, 0.4) is 0 Å². The Morgan fingerprint density at radius 3 is 2.83 bits per heavy atom. The number of hydrogen-bond acceptors (Lipinski definition) is 5. The van der Waals surface area contributed by atoms with Crippen molar-refractivity contribution in [3.8, 4) is 0 Å². The van der Waals surface area contributed by atoms with Gasteiger partial charge in [0.15, 0.2) is 0 Å². The Labute approximate surface area is 141 Å². The first-order valence-corrected chi connectivity index (χ1v) is 8.81. The van der Waals surface area contributed by atoms with E-state index in [1.165, 1.54) is 0 Å². The predicted molar refractivity (Wildman–Crippen MR) is 90.0 cm³/mol. The molecule has 1 fully saturated rings. The first kappa shape index (κ1) is 17.9. The Kier molecular flexibility index (Phi) is 6.15. The number of carbonyl (C=O) groups excluding carboxylic acids is 2. The van der Waals surface area contributed by atoms with Crippen LogP contribution in [-0.4, -0.2) is 48.5 Å². The molecule has 3 N–H and O–H groups in total. The molecule has 6 nitrogen and oxygen atoms in total. The van der Waals surface area contributed by atoms with Gasteiger partial charge in [0.05, 0.1) is 25.2 Å². The third-order valence-corrected chi connectivity index (χ3v) is 4.66. The number of nitrogens with two attached hydrogens (primary N) is 1. The fraction of sp³-hybridized carbons (Fsp3) is 0.625. The number of ether oxygens (including phenoxy) is 1. The molecule has 0 radical (unpaired) electrons. The quantitative estimate of drug-likeness (QED) is 0.842. The zero-order chi connectivity index (χ0) is 17.0. The van der Waals surface area contributed by atoms with E-state index < -0.39 is 6.04 Å². The minimum absolute atomic E-state index is 0.0255. The number of morpholine rings is 1. The number of nitrogens with one attached hydrogen (secondary N) is 1. The van der Waals surface area contributed by atoms with Crippen molar-refractivity contribution in [2.45, 2.75) is 39.0 Å². The van der Waals surface area contributed by atoms with E-state index in [4.69, 9.17) is 10.5 Å². The van der Waals surface area contributed by atoms with E-state index in [1.54, 1.807) is 16.2 Å². The summed E-state index contributed by atoms with van der Waals surface area (Å²) < 4.78 is 5.91. The van der Waals surface area contributed by atoms with Gasteiger partial charge in [0.2, 0.25) is 11.8 Å². The molecule has 2 amide bonds. The SMILES string of the molecule is CC1CN(C(=O)CNC(=O)[C@@H](N)C(C)C)CC(c2ccsc2)O1. The maximum atomic E-state index is 12.4. The van der Waals surface area contributed by atoms with E-state index >= 15 is 0 Å². The lowest BCUT2D eigenvalue weighted by Gasteiger charge is -2.36. The Hall–Kier alpha value is -1.44. The summed E-state index contributed by atoms with van der Waals surface area (Å²) in [6, 6.07) is 1.42. The fourth-order valence-electron chi connectivity index (χ4n) is 2.49. The maximum absolute atomic E-state index is 12.4. The Morgan fingerprint density at radius 2 is 2.22 bits per heavy atom. The molecule has 1 aromatic heterocycles. The van der Waals surface area contributed by atoms with E-state index in [0.717, 1.165) is 5.56 Å². The van der Waals surface area contributed by atoms with Crippen LogP contribution in [0.15, 0.2) is 16.8 Å². The second-order valence-corrected chi connectivity index (χ2v) is 7.06. The molecule has 3 atom stereocenters. The van der Waals surface area contributed by atoms with Crippen molar-refractivity contribution in [2.75, 3.05) is 19.6 Å². The number of thiophene rings is 1. The van der Waals surface area contributed by atoms with Gasteiger partial charge in [-0.2, -0.15) is 11.3 Å². The molecule has 7 heteroatoms. The largest absolute Gasteiger partial charge is 0.367 e. The van der Waals surface area contributed by atoms with Gasteiger partial charge in [-0.05, 0) is 35.2 Å². The number of amides is 2. The minimum atomic E-state index is -0.593. The van der Waals surface area contributed by atoms with Crippen molar-refractivity contribution in [2.24, 2.45) is 11.7 Å². The van der Waals surface area contributed by atoms with Crippen molar-refractivity contribution < 1.29 is 14.3 Å². The Morgan fingerprint density at radius 1 is 1.48 bits per heavy atom. The van der Waals surface area contributed by atoms with Gasteiger partial charge in [-0.3, -0.25) is 9.59 Å². The summed E-state index contributed by atoms with van der Waals surface area (Å²) in [6.45, 7) is 6.72. The molecule has 128 valence electrons. The van der Waals surface area contributed by atoms with Crippen LogP contribution in [0.4, 0.5) is 0 Å². The molecule has 2 rings (SSSR count). The zero-order valence-corrected chi connectivity index (χ0v) is 14.6. The smallest absolute Gasteiger partial charge is 0.242 e. The Bertz CT molecular complexity index is 533. The lowest BCUT2D eigenvalue weighted by molar-refractivity contribution is -0.145. The molecule has 2 unspecified atom stereocenters. The second-order valence-electron chi connectivity index (χ2n) is 6.28. The average molecular weight is 339 g/mol. The molecule has 2 heterocycles. The topological polar surface area (TPSA) is 84.7 Å². The summed E-state index contributed by atoms with van der Waals surface area (Å²) in [5.74, 6) is -0.356. The highest BCUT2D eigenvalue weighted by Gasteiger charge is 2.30. The summed E-state index contributed by atoms with van der Waals surface area (Å²) in [4.78, 5) is 26.0. The molecule has 1 aliphatic heterocycles. The lowest BCUT2D eigenvalue weighted by Crippen LogP contribution is -2.51. The summed E-state index contributed by atoms with van der Waals surface area (Å²) in [6.07, 6.45) is -0.145. The van der Waals surface area contributed by atoms with Crippen LogP contribution in [0.5, 0.6) is 0 Å². The Balaban J connectivity index is 1.90. The van der Waals surface area contributed by atoms with Crippen LogP contribution in [0.25, 0.3) is 0 Å². The highest BCUT2D eigenvalue weighted by atomic mass is 32.1. The monoisotopic (exact) mass is 339 g/mol. The van der Waals surface area contributed by atoms with E-state index in [1.807, 2.05) is 37.6 Å². The van der Waals surface area contributed by atoms with Gasteiger partial charge in [-0.25, -0.2) is 0 Å². The zero-order valence-electron chi connectivity index (χ0n) is 13.8. The van der Waals surface area contributed by atoms with Crippen LogP contribution in [-0.2, 0) is 14.3 Å². The van der Waals surface area contributed by atoms with Gasteiger partial charge in [-0.1, -0.05) is 13.8 Å². The third kappa shape index (κ3) is 4.76. The summed E-state index contributed by atoms with van der Waals surface area (Å²) in [5, 5.41) is 6.67. The van der Waals surface area contributed by atoms with Gasteiger partial charge in [0.1, 0.15) is 6.10 Å². The van der Waals surface area contributed by atoms with E-state index in [-0.39, 0.29) is 36.5 Å². The number of rotatable bonds is 5. The van der Waals surface area contributed by atoms with Crippen LogP contribution in [0.2, 0.25) is 0 Å². The van der Waals surface area contributed by atoms with Gasteiger partial charge >= 0.3 is 0 Å². The number of hydrogen-bond donors (Lipinski definition) is 2. The first-order chi connectivity index (χ1) is 10.9. The highest BCUT2D eigenvalue weighted by Crippen LogP contribution is 2.26. The normalized spacial score (nSPS) is 22.9. The first-order valence-electron chi connectivity index (χ1n) is 7.87. The number of nitrogens with zero attached hydrogens (tertiary/aromatic N) is 1. The molecule has 0 bridgehead atoms. The van der Waals surface area contributed by atoms with E-state index in [9.17, 15) is 9.59 Å². The van der Waals surface area contributed by atoms with Gasteiger partial charge in [0.25, 0.3) is 0 Å². The molecule has 0 saturated carbocycles. The maximum Gasteiger partial charge on any atom is 0.242 e. The van der Waals surface area contributed by atoms with Gasteiger partial charge in [-0.15, -0.1) is 0 Å². The summed E-state index contributed by atoms with van der Waals surface area (Å²) in [5.41, 5.74) is 6.87. The highest BCUT2D eigenvalue weighted by molar-refractivity contribution is 7.07. The molecule has 1 aromatic rings. The summed E-state index contributed by atoms with van der Waals surface area (Å²) in [7, 11) is 0. The molecular formula is C16H25N3O3S. The second kappa shape index (κ2) is 7.90. The van der Waals surface area contributed by atoms with Gasteiger partial charge in [0, 0.05) is 6.54 Å². The summed E-state index contributed by atoms with van der Waals surface area (Å²) >= 11 is 1.61. The predicted octanol–water partition coefficient (Wildman–Crippen LogP) is 1.14. The third-order valence-electron chi connectivity index (χ3n) is 3.96.